The monoisotopic (exact) mass is 356 g/mol. The van der Waals surface area contributed by atoms with E-state index in [0.29, 0.717) is 24.1 Å². The highest BCUT2D eigenvalue weighted by Gasteiger charge is 2.36. The van der Waals surface area contributed by atoms with Crippen LogP contribution in [-0.4, -0.2) is 23.4 Å². The van der Waals surface area contributed by atoms with E-state index in [-0.39, 0.29) is 18.9 Å². The van der Waals surface area contributed by atoms with Crippen molar-refractivity contribution in [2.45, 2.75) is 46.6 Å². The number of esters is 1. The maximum Gasteiger partial charge on any atom is 0.311 e. The number of nitrogens with zero attached hydrogens (tertiary/aromatic N) is 2. The molecule has 2 heterocycles. The second-order valence-corrected chi connectivity index (χ2v) is 7.01. The summed E-state index contributed by atoms with van der Waals surface area (Å²) < 4.78 is 10.7. The summed E-state index contributed by atoms with van der Waals surface area (Å²) in [5, 5.41) is 0. The topological polar surface area (TPSA) is 72.6 Å². The lowest BCUT2D eigenvalue weighted by Gasteiger charge is -2.18. The third-order valence-corrected chi connectivity index (χ3v) is 4.72. The van der Waals surface area contributed by atoms with Crippen molar-refractivity contribution in [3.8, 4) is 0 Å². The van der Waals surface area contributed by atoms with E-state index in [1.54, 1.807) is 4.90 Å². The highest BCUT2D eigenvalue weighted by Crippen LogP contribution is 2.28. The quantitative estimate of drug-likeness (QED) is 0.767. The van der Waals surface area contributed by atoms with Crippen molar-refractivity contribution in [1.29, 1.82) is 0 Å². The Kier molecular flexibility index (Phi) is 5.11. The summed E-state index contributed by atoms with van der Waals surface area (Å²) in [6, 6.07) is 7.89. The molecule has 1 fully saturated rings. The standard InChI is InChI=1S/C20H24N2O4/c1-12(2)15-6-5-7-17(8-15)22-10-16(9-19(22)23)20(24)25-11-18-21-13(3)14(4)26-18/h5-8,12,16H,9-11H2,1-4H3/t16-/m1/s1. The normalized spacial score (nSPS) is 17.2. The Morgan fingerprint density at radius 2 is 2.15 bits per heavy atom. The zero-order chi connectivity index (χ0) is 18.8. The number of rotatable bonds is 5. The molecule has 138 valence electrons. The summed E-state index contributed by atoms with van der Waals surface area (Å²) >= 11 is 0. The molecular weight excluding hydrogens is 332 g/mol. The van der Waals surface area contributed by atoms with Crippen LogP contribution < -0.4 is 4.90 Å². The first-order valence-corrected chi connectivity index (χ1v) is 8.85. The average Bonchev–Trinajstić information content (AvgIpc) is 3.15. The van der Waals surface area contributed by atoms with Gasteiger partial charge in [-0.3, -0.25) is 9.59 Å². The van der Waals surface area contributed by atoms with Gasteiger partial charge in [0.05, 0.1) is 11.6 Å². The number of aryl methyl sites for hydroxylation is 2. The molecule has 6 nitrogen and oxygen atoms in total. The maximum absolute atomic E-state index is 12.4. The number of benzene rings is 1. The molecule has 0 aliphatic carbocycles. The van der Waals surface area contributed by atoms with Gasteiger partial charge in [0, 0.05) is 18.7 Å². The van der Waals surface area contributed by atoms with Gasteiger partial charge in [0.2, 0.25) is 11.8 Å². The number of ether oxygens (including phenoxy) is 1. The fraction of sp³-hybridized carbons (Fsp3) is 0.450. The smallest absolute Gasteiger partial charge is 0.311 e. The second kappa shape index (κ2) is 7.32. The summed E-state index contributed by atoms with van der Waals surface area (Å²) in [4.78, 5) is 30.6. The van der Waals surface area contributed by atoms with Crippen LogP contribution in [0, 0.1) is 19.8 Å². The highest BCUT2D eigenvalue weighted by atomic mass is 16.5. The zero-order valence-electron chi connectivity index (χ0n) is 15.6. The van der Waals surface area contributed by atoms with Crippen LogP contribution in [0.4, 0.5) is 5.69 Å². The van der Waals surface area contributed by atoms with E-state index >= 15 is 0 Å². The van der Waals surface area contributed by atoms with E-state index in [4.69, 9.17) is 9.15 Å². The molecule has 0 unspecified atom stereocenters. The summed E-state index contributed by atoms with van der Waals surface area (Å²) in [5.74, 6) is 0.538. The van der Waals surface area contributed by atoms with E-state index in [2.05, 4.69) is 18.8 Å². The molecule has 1 amide bonds. The molecule has 1 saturated heterocycles. The molecule has 1 aromatic carbocycles. The third-order valence-electron chi connectivity index (χ3n) is 4.72. The zero-order valence-corrected chi connectivity index (χ0v) is 15.6. The Morgan fingerprint density at radius 3 is 2.81 bits per heavy atom. The first kappa shape index (κ1) is 18.2. The molecule has 6 heteroatoms. The number of oxazole rings is 1. The summed E-state index contributed by atoms with van der Waals surface area (Å²) in [6.07, 6.45) is 0.161. The van der Waals surface area contributed by atoms with Gasteiger partial charge < -0.3 is 14.1 Å². The molecule has 26 heavy (non-hydrogen) atoms. The average molecular weight is 356 g/mol. The van der Waals surface area contributed by atoms with Crippen LogP contribution in [0.2, 0.25) is 0 Å². The SMILES string of the molecule is Cc1nc(COC(=O)[C@@H]2CC(=O)N(c3cccc(C(C)C)c3)C2)oc1C. The highest BCUT2D eigenvalue weighted by molar-refractivity contribution is 5.99. The van der Waals surface area contributed by atoms with Gasteiger partial charge in [-0.2, -0.15) is 0 Å². The first-order valence-electron chi connectivity index (χ1n) is 8.85. The van der Waals surface area contributed by atoms with Gasteiger partial charge in [-0.1, -0.05) is 26.0 Å². The van der Waals surface area contributed by atoms with Gasteiger partial charge in [-0.15, -0.1) is 0 Å². The van der Waals surface area contributed by atoms with Crippen molar-refractivity contribution in [3.63, 3.8) is 0 Å². The van der Waals surface area contributed by atoms with Crippen LogP contribution in [0.15, 0.2) is 28.7 Å². The van der Waals surface area contributed by atoms with E-state index in [1.165, 1.54) is 0 Å². The number of carbonyl (C=O) groups excluding carboxylic acids is 2. The van der Waals surface area contributed by atoms with Crippen LogP contribution in [0.3, 0.4) is 0 Å². The van der Waals surface area contributed by atoms with Gasteiger partial charge in [0.25, 0.3) is 0 Å². The largest absolute Gasteiger partial charge is 0.455 e. The van der Waals surface area contributed by atoms with E-state index in [9.17, 15) is 9.59 Å². The number of hydrogen-bond donors (Lipinski definition) is 0. The lowest BCUT2D eigenvalue weighted by Crippen LogP contribution is -2.26. The van der Waals surface area contributed by atoms with Crippen molar-refractivity contribution in [3.05, 3.63) is 47.2 Å². The Balaban J connectivity index is 1.63. The predicted molar refractivity (Wildman–Crippen MR) is 96.8 cm³/mol. The summed E-state index contributed by atoms with van der Waals surface area (Å²) in [6.45, 7) is 8.19. The van der Waals surface area contributed by atoms with Crippen LogP contribution in [0.1, 0.15) is 49.1 Å². The summed E-state index contributed by atoms with van der Waals surface area (Å²) in [5.41, 5.74) is 2.77. The van der Waals surface area contributed by atoms with Crippen LogP contribution >= 0.6 is 0 Å². The molecule has 0 saturated carbocycles. The van der Waals surface area contributed by atoms with Crippen LogP contribution in [0.5, 0.6) is 0 Å². The minimum Gasteiger partial charge on any atom is -0.455 e. The van der Waals surface area contributed by atoms with Crippen molar-refractivity contribution < 1.29 is 18.7 Å². The fourth-order valence-electron chi connectivity index (χ4n) is 3.02. The van der Waals surface area contributed by atoms with E-state index in [1.807, 2.05) is 38.1 Å². The van der Waals surface area contributed by atoms with Gasteiger partial charge in [0.1, 0.15) is 5.76 Å². The minimum atomic E-state index is -0.470. The fourth-order valence-corrected chi connectivity index (χ4v) is 3.02. The predicted octanol–water partition coefficient (Wildman–Crippen LogP) is 3.51. The minimum absolute atomic E-state index is 0.0129. The lowest BCUT2D eigenvalue weighted by atomic mass is 10.0. The molecule has 0 radical (unpaired) electrons. The molecule has 2 aromatic rings. The summed E-state index contributed by atoms with van der Waals surface area (Å²) in [7, 11) is 0. The van der Waals surface area contributed by atoms with Crippen LogP contribution in [0.25, 0.3) is 0 Å². The number of carbonyl (C=O) groups is 2. The maximum atomic E-state index is 12.4. The molecule has 1 aromatic heterocycles. The molecular formula is C20H24N2O4. The molecule has 1 aliphatic heterocycles. The van der Waals surface area contributed by atoms with Crippen molar-refractivity contribution in [2.24, 2.45) is 5.92 Å². The van der Waals surface area contributed by atoms with Gasteiger partial charge in [-0.25, -0.2) is 4.98 Å². The third kappa shape index (κ3) is 3.79. The van der Waals surface area contributed by atoms with Crippen molar-refractivity contribution >= 4 is 17.6 Å². The van der Waals surface area contributed by atoms with Gasteiger partial charge in [0.15, 0.2) is 6.61 Å². The van der Waals surface area contributed by atoms with Crippen LogP contribution in [-0.2, 0) is 20.9 Å². The Labute approximate surface area is 153 Å². The van der Waals surface area contributed by atoms with E-state index < -0.39 is 11.9 Å². The van der Waals surface area contributed by atoms with Gasteiger partial charge >= 0.3 is 5.97 Å². The Bertz CT molecular complexity index is 805. The van der Waals surface area contributed by atoms with Crippen molar-refractivity contribution in [2.75, 3.05) is 11.4 Å². The number of amides is 1. The molecule has 1 aliphatic rings. The molecule has 3 rings (SSSR count). The van der Waals surface area contributed by atoms with Gasteiger partial charge in [-0.05, 0) is 37.5 Å². The molecule has 1 atom stereocenters. The molecule has 0 N–H and O–H groups in total. The molecule has 0 spiro atoms. The second-order valence-electron chi connectivity index (χ2n) is 7.01. The Hall–Kier alpha value is -2.63. The van der Waals surface area contributed by atoms with E-state index in [0.717, 1.165) is 16.9 Å². The first-order chi connectivity index (χ1) is 12.3. The number of anilines is 1. The van der Waals surface area contributed by atoms with Crippen molar-refractivity contribution in [1.82, 2.24) is 4.98 Å². The Morgan fingerprint density at radius 1 is 1.38 bits per heavy atom. The number of hydrogen-bond acceptors (Lipinski definition) is 5. The lowest BCUT2D eigenvalue weighted by molar-refractivity contribution is -0.150. The molecule has 0 bridgehead atoms. The number of aromatic nitrogens is 1.